The fourth-order valence-electron chi connectivity index (χ4n) is 2.80. The zero-order valence-electron chi connectivity index (χ0n) is 8.77. The van der Waals surface area contributed by atoms with Crippen LogP contribution in [0.3, 0.4) is 0 Å². The van der Waals surface area contributed by atoms with Crippen molar-refractivity contribution in [2.24, 2.45) is 17.8 Å². The van der Waals surface area contributed by atoms with Crippen molar-refractivity contribution in [1.29, 1.82) is 0 Å². The van der Waals surface area contributed by atoms with E-state index in [1.165, 1.54) is 0 Å². The number of carbonyl (C=O) groups is 1. The molecule has 0 spiro atoms. The van der Waals surface area contributed by atoms with Gasteiger partial charge in [0.1, 0.15) is 5.78 Å². The number of hydrogen-bond donors (Lipinski definition) is 1. The molecule has 1 heterocycles. The van der Waals surface area contributed by atoms with Crippen molar-refractivity contribution in [2.45, 2.75) is 45.5 Å². The third-order valence-corrected chi connectivity index (χ3v) is 3.63. The molecule has 3 unspecified atom stereocenters. The first kappa shape index (κ1) is 10.1. The first-order chi connectivity index (χ1) is 6.59. The van der Waals surface area contributed by atoms with Gasteiger partial charge >= 0.3 is 0 Å². The molecule has 0 bridgehead atoms. The highest BCUT2D eigenvalue weighted by atomic mass is 16.6. The number of carbonyl (C=O) groups excluding carboxylic acids is 1. The summed E-state index contributed by atoms with van der Waals surface area (Å²) in [5.74, 6) is 1.07. The molecule has 0 aromatic carbocycles. The lowest BCUT2D eigenvalue weighted by Crippen LogP contribution is -2.32. The van der Waals surface area contributed by atoms with Crippen LogP contribution >= 0.6 is 0 Å². The Labute approximate surface area is 84.4 Å². The first-order valence-corrected chi connectivity index (χ1v) is 5.46. The number of aliphatic hydroxyl groups excluding tert-OH is 1. The van der Waals surface area contributed by atoms with E-state index in [9.17, 15) is 9.90 Å². The highest BCUT2D eigenvalue weighted by molar-refractivity contribution is 5.84. The molecule has 80 valence electrons. The van der Waals surface area contributed by atoms with Crippen LogP contribution in [0, 0.1) is 17.8 Å². The van der Waals surface area contributed by atoms with Crippen LogP contribution in [0.5, 0.6) is 0 Å². The zero-order chi connectivity index (χ0) is 10.3. The highest BCUT2D eigenvalue weighted by Crippen LogP contribution is 2.39. The minimum absolute atomic E-state index is 0.0298. The van der Waals surface area contributed by atoms with Gasteiger partial charge in [0.05, 0.1) is 6.10 Å². The summed E-state index contributed by atoms with van der Waals surface area (Å²) < 4.78 is 5.43. The molecule has 0 radical (unpaired) electrons. The summed E-state index contributed by atoms with van der Waals surface area (Å²) in [6.07, 6.45) is 1.63. The van der Waals surface area contributed by atoms with Crippen LogP contribution in [0.15, 0.2) is 0 Å². The Hall–Kier alpha value is -0.410. The van der Waals surface area contributed by atoms with Gasteiger partial charge in [0.15, 0.2) is 6.29 Å². The Balaban J connectivity index is 2.10. The van der Waals surface area contributed by atoms with E-state index in [4.69, 9.17) is 4.74 Å². The smallest absolute Gasteiger partial charge is 0.155 e. The lowest BCUT2D eigenvalue weighted by molar-refractivity contribution is -0.136. The zero-order valence-corrected chi connectivity index (χ0v) is 8.77. The van der Waals surface area contributed by atoms with Crippen molar-refractivity contribution >= 4 is 5.78 Å². The number of aliphatic hydroxyl groups is 1. The molecule has 3 nitrogen and oxygen atoms in total. The third-order valence-electron chi connectivity index (χ3n) is 3.63. The first-order valence-electron chi connectivity index (χ1n) is 5.46. The van der Waals surface area contributed by atoms with E-state index in [0.29, 0.717) is 30.5 Å². The number of Topliss-reactive ketones (excluding diaryl/α,β-unsaturated/α-hetero) is 1. The quantitative estimate of drug-likeness (QED) is 0.691. The summed E-state index contributed by atoms with van der Waals surface area (Å²) in [5.41, 5.74) is 0. The fourth-order valence-corrected chi connectivity index (χ4v) is 2.80. The number of rotatable bonds is 1. The van der Waals surface area contributed by atoms with E-state index in [0.717, 1.165) is 6.42 Å². The molecule has 3 heteroatoms. The lowest BCUT2D eigenvalue weighted by atomic mass is 9.85. The maximum absolute atomic E-state index is 11.7. The molecule has 2 rings (SSSR count). The molecule has 2 fully saturated rings. The molecule has 0 aromatic heterocycles. The largest absolute Gasteiger partial charge is 0.368 e. The summed E-state index contributed by atoms with van der Waals surface area (Å²) in [4.78, 5) is 11.7. The van der Waals surface area contributed by atoms with Crippen LogP contribution in [0.1, 0.15) is 33.1 Å². The molecule has 2 aliphatic rings. The van der Waals surface area contributed by atoms with Crippen molar-refractivity contribution in [1.82, 2.24) is 0 Å². The van der Waals surface area contributed by atoms with Crippen LogP contribution in [0.2, 0.25) is 0 Å². The topological polar surface area (TPSA) is 46.5 Å². The Morgan fingerprint density at radius 3 is 2.50 bits per heavy atom. The predicted octanol–water partition coefficient (Wildman–Crippen LogP) is 1.34. The van der Waals surface area contributed by atoms with E-state index >= 15 is 0 Å². The summed E-state index contributed by atoms with van der Waals surface area (Å²) in [7, 11) is 0. The second-order valence-corrected chi connectivity index (χ2v) is 4.78. The van der Waals surface area contributed by atoms with Crippen molar-refractivity contribution in [3.8, 4) is 0 Å². The van der Waals surface area contributed by atoms with E-state index in [1.807, 2.05) is 0 Å². The van der Waals surface area contributed by atoms with Gasteiger partial charge in [0.25, 0.3) is 0 Å². The molecule has 1 aliphatic heterocycles. The average Bonchev–Trinajstić information content (AvgIpc) is 2.57. The molecule has 1 saturated carbocycles. The molecule has 1 aliphatic carbocycles. The molecule has 0 amide bonds. The van der Waals surface area contributed by atoms with Gasteiger partial charge in [-0.3, -0.25) is 4.79 Å². The Morgan fingerprint density at radius 1 is 1.36 bits per heavy atom. The molecular weight excluding hydrogens is 180 g/mol. The maximum Gasteiger partial charge on any atom is 0.155 e. The minimum atomic E-state index is -0.657. The van der Waals surface area contributed by atoms with E-state index < -0.39 is 6.29 Å². The van der Waals surface area contributed by atoms with Gasteiger partial charge in [-0.15, -0.1) is 0 Å². The van der Waals surface area contributed by atoms with Crippen LogP contribution in [-0.2, 0) is 9.53 Å². The van der Waals surface area contributed by atoms with E-state index in [-0.39, 0.29) is 12.0 Å². The number of ketones is 1. The van der Waals surface area contributed by atoms with Crippen molar-refractivity contribution < 1.29 is 14.6 Å². The second-order valence-electron chi connectivity index (χ2n) is 4.78. The SMILES string of the molecule is CC1CCC(=O)[C@@H]1C1OC(O)C[C@H]1C. The van der Waals surface area contributed by atoms with Crippen molar-refractivity contribution in [3.05, 3.63) is 0 Å². The normalized spacial score (nSPS) is 48.8. The van der Waals surface area contributed by atoms with Gasteiger partial charge in [0, 0.05) is 18.8 Å². The Bertz CT molecular complexity index is 239. The monoisotopic (exact) mass is 198 g/mol. The minimum Gasteiger partial charge on any atom is -0.368 e. The van der Waals surface area contributed by atoms with Crippen molar-refractivity contribution in [3.63, 3.8) is 0 Å². The molecule has 14 heavy (non-hydrogen) atoms. The Kier molecular flexibility index (Phi) is 2.62. The lowest BCUT2D eigenvalue weighted by Gasteiger charge is -2.24. The molecule has 5 atom stereocenters. The maximum atomic E-state index is 11.7. The van der Waals surface area contributed by atoms with Gasteiger partial charge < -0.3 is 9.84 Å². The van der Waals surface area contributed by atoms with Gasteiger partial charge in [-0.05, 0) is 18.3 Å². The number of ether oxygens (including phenoxy) is 1. The fraction of sp³-hybridized carbons (Fsp3) is 0.909. The van der Waals surface area contributed by atoms with Gasteiger partial charge in [-0.2, -0.15) is 0 Å². The van der Waals surface area contributed by atoms with Crippen LogP contribution in [0.4, 0.5) is 0 Å². The molecular formula is C11H18O3. The molecule has 1 N–H and O–H groups in total. The summed E-state index contributed by atoms with van der Waals surface area (Å²) in [6, 6.07) is 0. The number of hydrogen-bond acceptors (Lipinski definition) is 3. The van der Waals surface area contributed by atoms with Crippen LogP contribution in [0.25, 0.3) is 0 Å². The second kappa shape index (κ2) is 3.63. The predicted molar refractivity (Wildman–Crippen MR) is 51.6 cm³/mol. The highest BCUT2D eigenvalue weighted by Gasteiger charge is 2.44. The van der Waals surface area contributed by atoms with Gasteiger partial charge in [0.2, 0.25) is 0 Å². The van der Waals surface area contributed by atoms with E-state index in [2.05, 4.69) is 13.8 Å². The van der Waals surface area contributed by atoms with Crippen molar-refractivity contribution in [2.75, 3.05) is 0 Å². The Morgan fingerprint density at radius 2 is 2.07 bits per heavy atom. The van der Waals surface area contributed by atoms with E-state index in [1.54, 1.807) is 0 Å². The van der Waals surface area contributed by atoms with Gasteiger partial charge in [-0.25, -0.2) is 0 Å². The van der Waals surface area contributed by atoms with Crippen LogP contribution < -0.4 is 0 Å². The summed E-state index contributed by atoms with van der Waals surface area (Å²) >= 11 is 0. The van der Waals surface area contributed by atoms with Gasteiger partial charge in [-0.1, -0.05) is 13.8 Å². The average molecular weight is 198 g/mol. The third kappa shape index (κ3) is 1.59. The summed E-state index contributed by atoms with van der Waals surface area (Å²) in [6.45, 7) is 4.16. The molecule has 1 saturated heterocycles. The molecule has 0 aromatic rings. The standard InChI is InChI=1S/C11H18O3/c1-6-3-4-8(12)10(6)11-7(2)5-9(13)14-11/h6-7,9-11,13H,3-5H2,1-2H3/t6?,7-,9?,10-,11?/m1/s1. The summed E-state index contributed by atoms with van der Waals surface area (Å²) in [5, 5.41) is 9.37. The van der Waals surface area contributed by atoms with Crippen LogP contribution in [-0.4, -0.2) is 23.3 Å².